The molecule has 0 bridgehead atoms. The molecule has 2 aromatic rings. The Morgan fingerprint density at radius 3 is 2.71 bits per heavy atom. The quantitative estimate of drug-likeness (QED) is 0.920. The summed E-state index contributed by atoms with van der Waals surface area (Å²) in [5.74, 6) is 0.659. The molecule has 0 unspecified atom stereocenters. The third kappa shape index (κ3) is 3.74. The number of amides is 2. The van der Waals surface area contributed by atoms with Crippen LogP contribution in [0.15, 0.2) is 48.5 Å². The first-order chi connectivity index (χ1) is 11.6. The molecule has 1 aliphatic heterocycles. The number of anilines is 2. The van der Waals surface area contributed by atoms with Crippen LogP contribution in [0, 0.1) is 0 Å². The Morgan fingerprint density at radius 2 is 1.96 bits per heavy atom. The highest BCUT2D eigenvalue weighted by Gasteiger charge is 2.22. The van der Waals surface area contributed by atoms with Gasteiger partial charge in [0.1, 0.15) is 5.75 Å². The first-order valence-electron chi connectivity index (χ1n) is 8.02. The van der Waals surface area contributed by atoms with Gasteiger partial charge in [-0.1, -0.05) is 24.3 Å². The van der Waals surface area contributed by atoms with E-state index in [0.717, 1.165) is 23.4 Å². The van der Waals surface area contributed by atoms with E-state index in [-0.39, 0.29) is 18.2 Å². The van der Waals surface area contributed by atoms with Crippen LogP contribution in [0.4, 0.5) is 11.4 Å². The van der Waals surface area contributed by atoms with Gasteiger partial charge in [-0.2, -0.15) is 0 Å². The average Bonchev–Trinajstić information content (AvgIpc) is 2.99. The van der Waals surface area contributed by atoms with Crippen LogP contribution in [-0.4, -0.2) is 25.0 Å². The zero-order chi connectivity index (χ0) is 16.9. The Labute approximate surface area is 141 Å². The molecule has 0 radical (unpaired) electrons. The van der Waals surface area contributed by atoms with Crippen LogP contribution >= 0.6 is 0 Å². The maximum absolute atomic E-state index is 12.0. The van der Waals surface area contributed by atoms with Crippen molar-refractivity contribution >= 4 is 23.2 Å². The van der Waals surface area contributed by atoms with Gasteiger partial charge in [-0.05, 0) is 36.2 Å². The zero-order valence-electron chi connectivity index (χ0n) is 13.6. The normalized spacial score (nSPS) is 12.6. The van der Waals surface area contributed by atoms with Crippen LogP contribution < -0.4 is 15.0 Å². The number of carbonyl (C=O) groups excluding carboxylic acids is 2. The lowest BCUT2D eigenvalue weighted by atomic mass is 10.1. The van der Waals surface area contributed by atoms with Gasteiger partial charge in [0.15, 0.2) is 0 Å². The van der Waals surface area contributed by atoms with Crippen molar-refractivity contribution in [3.63, 3.8) is 0 Å². The molecule has 0 aromatic heterocycles. The molecule has 5 nitrogen and oxygen atoms in total. The number of hydrogen-bond acceptors (Lipinski definition) is 3. The summed E-state index contributed by atoms with van der Waals surface area (Å²) >= 11 is 0. The zero-order valence-corrected chi connectivity index (χ0v) is 13.6. The second-order valence-corrected chi connectivity index (χ2v) is 5.72. The van der Waals surface area contributed by atoms with Gasteiger partial charge in [0.05, 0.1) is 13.0 Å². The molecular formula is C19H20N2O3. The summed E-state index contributed by atoms with van der Waals surface area (Å²) in [5, 5.41) is 2.86. The molecule has 0 saturated heterocycles. The Kier molecular flexibility index (Phi) is 4.79. The molecule has 0 atom stereocenters. The molecule has 0 spiro atoms. The van der Waals surface area contributed by atoms with Crippen LogP contribution in [0.5, 0.6) is 5.75 Å². The lowest BCUT2D eigenvalue weighted by Crippen LogP contribution is -2.25. The third-order valence-corrected chi connectivity index (χ3v) is 3.99. The predicted octanol–water partition coefficient (Wildman–Crippen LogP) is 3.00. The molecular weight excluding hydrogens is 304 g/mol. The van der Waals surface area contributed by atoms with Crippen molar-refractivity contribution in [2.24, 2.45) is 0 Å². The van der Waals surface area contributed by atoms with E-state index in [1.165, 1.54) is 0 Å². The second-order valence-electron chi connectivity index (χ2n) is 5.72. The van der Waals surface area contributed by atoms with Gasteiger partial charge in [-0.25, -0.2) is 0 Å². The maximum Gasteiger partial charge on any atom is 0.227 e. The van der Waals surface area contributed by atoms with E-state index >= 15 is 0 Å². The molecule has 24 heavy (non-hydrogen) atoms. The molecule has 5 heteroatoms. The summed E-state index contributed by atoms with van der Waals surface area (Å²) in [6.45, 7) is 2.58. The van der Waals surface area contributed by atoms with Crippen molar-refractivity contribution in [1.29, 1.82) is 0 Å². The highest BCUT2D eigenvalue weighted by Crippen LogP contribution is 2.30. The lowest BCUT2D eigenvalue weighted by Gasteiger charge is -2.16. The highest BCUT2D eigenvalue weighted by molar-refractivity contribution is 5.96. The van der Waals surface area contributed by atoms with Gasteiger partial charge in [-0.15, -0.1) is 0 Å². The highest BCUT2D eigenvalue weighted by atomic mass is 16.5. The molecule has 2 amide bonds. The fraction of sp³-hybridized carbons (Fsp3) is 0.263. The Hall–Kier alpha value is -2.82. The van der Waals surface area contributed by atoms with Crippen LogP contribution in [0.2, 0.25) is 0 Å². The van der Waals surface area contributed by atoms with Crippen LogP contribution in [0.1, 0.15) is 18.9 Å². The Bertz CT molecular complexity index is 744. The van der Waals surface area contributed by atoms with Crippen molar-refractivity contribution in [2.75, 3.05) is 23.4 Å². The van der Waals surface area contributed by atoms with Crippen molar-refractivity contribution in [1.82, 2.24) is 0 Å². The number of nitrogens with zero attached hydrogens (tertiary/aromatic N) is 1. The van der Waals surface area contributed by atoms with Gasteiger partial charge in [0.2, 0.25) is 11.8 Å². The first-order valence-corrected chi connectivity index (χ1v) is 8.02. The van der Waals surface area contributed by atoms with Crippen LogP contribution in [0.3, 0.4) is 0 Å². The molecule has 2 aromatic carbocycles. The SMILES string of the molecule is CC(=O)N1CCc2ccc(NC(=O)CCOc3ccccc3)cc21. The number of para-hydroxylation sites is 1. The number of rotatable bonds is 5. The van der Waals surface area contributed by atoms with Gasteiger partial charge in [-0.3, -0.25) is 9.59 Å². The summed E-state index contributed by atoms with van der Waals surface area (Å²) < 4.78 is 5.52. The lowest BCUT2D eigenvalue weighted by molar-refractivity contribution is -0.117. The minimum atomic E-state index is -0.113. The Balaban J connectivity index is 1.55. The molecule has 1 heterocycles. The summed E-state index contributed by atoms with van der Waals surface area (Å²) in [4.78, 5) is 25.4. The number of nitrogens with one attached hydrogen (secondary N) is 1. The van der Waals surface area contributed by atoms with Crippen LogP contribution in [-0.2, 0) is 16.0 Å². The van der Waals surface area contributed by atoms with E-state index in [1.54, 1.807) is 11.8 Å². The summed E-state index contributed by atoms with van der Waals surface area (Å²) in [6, 6.07) is 15.1. The van der Waals surface area contributed by atoms with E-state index in [1.807, 2.05) is 48.5 Å². The Morgan fingerprint density at radius 1 is 1.17 bits per heavy atom. The number of carbonyl (C=O) groups is 2. The van der Waals surface area contributed by atoms with Gasteiger partial charge in [0, 0.05) is 24.8 Å². The maximum atomic E-state index is 12.0. The minimum absolute atomic E-state index is 0.0217. The number of benzene rings is 2. The molecule has 0 saturated carbocycles. The third-order valence-electron chi connectivity index (χ3n) is 3.99. The molecule has 3 rings (SSSR count). The summed E-state index contributed by atoms with van der Waals surface area (Å²) in [7, 11) is 0. The number of fused-ring (bicyclic) bond motifs is 1. The van der Waals surface area contributed by atoms with E-state index in [2.05, 4.69) is 5.32 Å². The average molecular weight is 324 g/mol. The molecule has 1 N–H and O–H groups in total. The van der Waals surface area contributed by atoms with Crippen molar-refractivity contribution in [3.05, 3.63) is 54.1 Å². The summed E-state index contributed by atoms with van der Waals surface area (Å²) in [6.07, 6.45) is 1.12. The van der Waals surface area contributed by atoms with Crippen molar-refractivity contribution in [2.45, 2.75) is 19.8 Å². The van der Waals surface area contributed by atoms with Gasteiger partial charge >= 0.3 is 0 Å². The van der Waals surface area contributed by atoms with E-state index in [0.29, 0.717) is 18.8 Å². The molecule has 124 valence electrons. The fourth-order valence-electron chi connectivity index (χ4n) is 2.79. The van der Waals surface area contributed by atoms with Gasteiger partial charge in [0.25, 0.3) is 0 Å². The summed E-state index contributed by atoms with van der Waals surface area (Å²) in [5.41, 5.74) is 2.73. The van der Waals surface area contributed by atoms with Gasteiger partial charge < -0.3 is 15.0 Å². The molecule has 1 aliphatic rings. The van der Waals surface area contributed by atoms with E-state index in [9.17, 15) is 9.59 Å². The van der Waals surface area contributed by atoms with E-state index < -0.39 is 0 Å². The standard InChI is InChI=1S/C19H20N2O3/c1-14(22)21-11-9-15-7-8-16(13-18(15)21)20-19(23)10-12-24-17-5-3-2-4-6-17/h2-8,13H,9-12H2,1H3,(H,20,23). The topological polar surface area (TPSA) is 58.6 Å². The minimum Gasteiger partial charge on any atom is -0.493 e. The number of ether oxygens (including phenoxy) is 1. The van der Waals surface area contributed by atoms with E-state index in [4.69, 9.17) is 4.74 Å². The van der Waals surface area contributed by atoms with Crippen molar-refractivity contribution < 1.29 is 14.3 Å². The largest absolute Gasteiger partial charge is 0.493 e. The number of hydrogen-bond donors (Lipinski definition) is 1. The molecule has 0 aliphatic carbocycles. The predicted molar refractivity (Wildman–Crippen MR) is 93.4 cm³/mol. The molecule has 0 fully saturated rings. The van der Waals surface area contributed by atoms with Crippen LogP contribution in [0.25, 0.3) is 0 Å². The smallest absolute Gasteiger partial charge is 0.227 e. The van der Waals surface area contributed by atoms with Crippen molar-refractivity contribution in [3.8, 4) is 5.75 Å². The second kappa shape index (κ2) is 7.17. The fourth-order valence-corrected chi connectivity index (χ4v) is 2.79. The first kappa shape index (κ1) is 16.1. The monoisotopic (exact) mass is 324 g/mol.